The van der Waals surface area contributed by atoms with Gasteiger partial charge >= 0.3 is 5.97 Å². The van der Waals surface area contributed by atoms with Gasteiger partial charge in [0.1, 0.15) is 0 Å². The summed E-state index contributed by atoms with van der Waals surface area (Å²) in [4.78, 5) is 10.9. The lowest BCUT2D eigenvalue weighted by atomic mass is 9.99. The van der Waals surface area contributed by atoms with E-state index >= 15 is 0 Å². The van der Waals surface area contributed by atoms with E-state index in [-0.39, 0.29) is 17.9 Å². The number of hydrogen-bond donors (Lipinski definition) is 5. The largest absolute Gasteiger partial charge is 0.504 e. The molecule has 1 unspecified atom stereocenters. The molecule has 0 aliphatic rings. The molecule has 1 rings (SSSR count). The van der Waals surface area contributed by atoms with Gasteiger partial charge in [-0.05, 0) is 24.1 Å². The van der Waals surface area contributed by atoms with Crippen LogP contribution in [0.4, 0.5) is 0 Å². The standard InChI is InChI=1S/C11H14N2O4/c12-13-4-3-8(11(16)17)5-7-1-2-9(14)10(15)6-7/h1-4,6,8,13-15H,5,12H2,(H,16,17)/b4-3-. The van der Waals surface area contributed by atoms with Crippen LogP contribution in [-0.2, 0) is 11.2 Å². The van der Waals surface area contributed by atoms with Gasteiger partial charge in [0.2, 0.25) is 0 Å². The summed E-state index contributed by atoms with van der Waals surface area (Å²) in [5.74, 6) is 2.75. The first-order chi connectivity index (χ1) is 8.04. The van der Waals surface area contributed by atoms with Crippen LogP contribution in [0.1, 0.15) is 5.56 Å². The number of carbonyl (C=O) groups is 1. The van der Waals surface area contributed by atoms with E-state index in [1.165, 1.54) is 24.4 Å². The normalized spacial score (nSPS) is 12.5. The van der Waals surface area contributed by atoms with Crippen molar-refractivity contribution in [3.05, 3.63) is 36.0 Å². The third-order valence-electron chi connectivity index (χ3n) is 2.24. The van der Waals surface area contributed by atoms with Crippen molar-refractivity contribution in [2.24, 2.45) is 11.8 Å². The Bertz CT molecular complexity index is 431. The molecule has 1 atom stereocenters. The van der Waals surface area contributed by atoms with Crippen LogP contribution in [0.3, 0.4) is 0 Å². The predicted octanol–water partition coefficient (Wildman–Crippen LogP) is 0.318. The van der Waals surface area contributed by atoms with Crippen molar-refractivity contribution < 1.29 is 20.1 Å². The first kappa shape index (κ1) is 12.9. The van der Waals surface area contributed by atoms with Crippen molar-refractivity contribution in [1.29, 1.82) is 0 Å². The topological polar surface area (TPSA) is 116 Å². The average Bonchev–Trinajstić information content (AvgIpc) is 2.28. The minimum Gasteiger partial charge on any atom is -0.504 e. The van der Waals surface area contributed by atoms with Crippen molar-refractivity contribution in [3.8, 4) is 11.5 Å². The number of nitrogens with two attached hydrogens (primary N) is 1. The van der Waals surface area contributed by atoms with Gasteiger partial charge in [-0.3, -0.25) is 10.6 Å². The fourth-order valence-electron chi connectivity index (χ4n) is 1.36. The lowest BCUT2D eigenvalue weighted by Gasteiger charge is -2.08. The Morgan fingerprint density at radius 2 is 2.12 bits per heavy atom. The second kappa shape index (κ2) is 5.76. The molecule has 0 amide bonds. The summed E-state index contributed by atoms with van der Waals surface area (Å²) in [7, 11) is 0. The minimum atomic E-state index is -0.996. The molecule has 0 aliphatic carbocycles. The highest BCUT2D eigenvalue weighted by molar-refractivity contribution is 5.72. The number of phenols is 2. The molecule has 92 valence electrons. The fourth-order valence-corrected chi connectivity index (χ4v) is 1.36. The van der Waals surface area contributed by atoms with Crippen molar-refractivity contribution in [2.75, 3.05) is 0 Å². The van der Waals surface area contributed by atoms with Crippen LogP contribution in [0.15, 0.2) is 30.5 Å². The molecule has 1 aromatic rings. The second-order valence-electron chi connectivity index (χ2n) is 3.50. The van der Waals surface area contributed by atoms with Gasteiger partial charge < -0.3 is 20.7 Å². The Morgan fingerprint density at radius 1 is 1.41 bits per heavy atom. The summed E-state index contributed by atoms with van der Waals surface area (Å²) in [5, 5.41) is 27.4. The summed E-state index contributed by atoms with van der Waals surface area (Å²) in [6.45, 7) is 0. The number of hydrogen-bond acceptors (Lipinski definition) is 5. The van der Waals surface area contributed by atoms with E-state index in [0.29, 0.717) is 5.56 Å². The van der Waals surface area contributed by atoms with Crippen molar-refractivity contribution in [3.63, 3.8) is 0 Å². The maximum atomic E-state index is 10.9. The molecule has 0 fully saturated rings. The van der Waals surface area contributed by atoms with Gasteiger partial charge in [0, 0.05) is 6.20 Å². The van der Waals surface area contributed by atoms with Crippen LogP contribution in [0.5, 0.6) is 11.5 Å². The third kappa shape index (κ3) is 3.69. The Balaban J connectivity index is 2.82. The van der Waals surface area contributed by atoms with Gasteiger partial charge in [0.15, 0.2) is 11.5 Å². The van der Waals surface area contributed by atoms with Crippen LogP contribution >= 0.6 is 0 Å². The molecule has 6 heteroatoms. The van der Waals surface area contributed by atoms with E-state index in [1.807, 2.05) is 0 Å². The van der Waals surface area contributed by atoms with Gasteiger partial charge in [0.05, 0.1) is 5.92 Å². The van der Waals surface area contributed by atoms with E-state index in [9.17, 15) is 9.90 Å². The molecule has 0 radical (unpaired) electrons. The molecule has 0 saturated carbocycles. The summed E-state index contributed by atoms with van der Waals surface area (Å²) in [6.07, 6.45) is 2.94. The van der Waals surface area contributed by atoms with Crippen molar-refractivity contribution in [1.82, 2.24) is 5.43 Å². The van der Waals surface area contributed by atoms with Crippen LogP contribution in [0.25, 0.3) is 0 Å². The van der Waals surface area contributed by atoms with Crippen LogP contribution < -0.4 is 11.3 Å². The molecule has 1 aromatic carbocycles. The number of aliphatic carboxylic acids is 1. The fraction of sp³-hybridized carbons (Fsp3) is 0.182. The Morgan fingerprint density at radius 3 is 2.65 bits per heavy atom. The van der Waals surface area contributed by atoms with E-state index in [1.54, 1.807) is 6.07 Å². The lowest BCUT2D eigenvalue weighted by molar-refractivity contribution is -0.140. The van der Waals surface area contributed by atoms with Crippen molar-refractivity contribution in [2.45, 2.75) is 6.42 Å². The predicted molar refractivity (Wildman–Crippen MR) is 61.1 cm³/mol. The molecular formula is C11H14N2O4. The average molecular weight is 238 g/mol. The number of phenolic OH excluding ortho intramolecular Hbond substituents is 2. The van der Waals surface area contributed by atoms with E-state index in [4.69, 9.17) is 16.1 Å². The SMILES string of the molecule is NN/C=C\C(Cc1ccc(O)c(O)c1)C(=O)O. The minimum absolute atomic E-state index is 0.196. The number of hydrazine groups is 1. The quantitative estimate of drug-likeness (QED) is 0.286. The zero-order valence-corrected chi connectivity index (χ0v) is 9.00. The number of rotatable bonds is 5. The third-order valence-corrected chi connectivity index (χ3v) is 2.24. The molecule has 0 spiro atoms. The highest BCUT2D eigenvalue weighted by Gasteiger charge is 2.15. The van der Waals surface area contributed by atoms with Gasteiger partial charge in [-0.25, -0.2) is 0 Å². The molecule has 6 nitrogen and oxygen atoms in total. The second-order valence-corrected chi connectivity index (χ2v) is 3.50. The van der Waals surface area contributed by atoms with E-state index in [2.05, 4.69) is 5.43 Å². The highest BCUT2D eigenvalue weighted by atomic mass is 16.4. The summed E-state index contributed by atoms with van der Waals surface area (Å²) >= 11 is 0. The molecule has 0 heterocycles. The number of benzene rings is 1. The maximum absolute atomic E-state index is 10.9. The molecular weight excluding hydrogens is 224 g/mol. The first-order valence-electron chi connectivity index (χ1n) is 4.91. The van der Waals surface area contributed by atoms with Crippen molar-refractivity contribution >= 4 is 5.97 Å². The zero-order valence-electron chi connectivity index (χ0n) is 9.00. The number of carboxylic acids is 1. The van der Waals surface area contributed by atoms with Gasteiger partial charge in [-0.2, -0.15) is 0 Å². The molecule has 0 saturated heterocycles. The smallest absolute Gasteiger partial charge is 0.310 e. The Labute approximate surface area is 98.0 Å². The molecule has 17 heavy (non-hydrogen) atoms. The Kier molecular flexibility index (Phi) is 4.36. The molecule has 0 aliphatic heterocycles. The van der Waals surface area contributed by atoms with E-state index in [0.717, 1.165) is 0 Å². The number of carboxylic acid groups (broad SMARTS) is 1. The number of aromatic hydroxyl groups is 2. The zero-order chi connectivity index (χ0) is 12.8. The highest BCUT2D eigenvalue weighted by Crippen LogP contribution is 2.26. The number of nitrogens with one attached hydrogen (secondary N) is 1. The summed E-state index contributed by atoms with van der Waals surface area (Å²) in [6, 6.07) is 4.19. The Hall–Kier alpha value is -2.21. The molecule has 6 N–H and O–H groups in total. The maximum Gasteiger partial charge on any atom is 0.310 e. The van der Waals surface area contributed by atoms with Crippen LogP contribution in [0, 0.1) is 5.92 Å². The van der Waals surface area contributed by atoms with Crippen LogP contribution in [-0.4, -0.2) is 21.3 Å². The van der Waals surface area contributed by atoms with Gasteiger partial charge in [-0.1, -0.05) is 12.1 Å². The van der Waals surface area contributed by atoms with Gasteiger partial charge in [-0.15, -0.1) is 0 Å². The molecule has 0 bridgehead atoms. The monoisotopic (exact) mass is 238 g/mol. The van der Waals surface area contributed by atoms with Gasteiger partial charge in [0.25, 0.3) is 0 Å². The first-order valence-corrected chi connectivity index (χ1v) is 4.91. The van der Waals surface area contributed by atoms with E-state index < -0.39 is 11.9 Å². The van der Waals surface area contributed by atoms with Crippen LogP contribution in [0.2, 0.25) is 0 Å². The summed E-state index contributed by atoms with van der Waals surface area (Å²) in [5.41, 5.74) is 2.83. The lowest BCUT2D eigenvalue weighted by Crippen LogP contribution is -2.18. The summed E-state index contributed by atoms with van der Waals surface area (Å²) < 4.78 is 0. The molecule has 0 aromatic heterocycles.